The lowest BCUT2D eigenvalue weighted by atomic mass is 10.1. The number of hydrogen-bond donors (Lipinski definition) is 1. The van der Waals surface area contributed by atoms with E-state index in [9.17, 15) is 4.79 Å². The highest BCUT2D eigenvalue weighted by molar-refractivity contribution is 9.10. The summed E-state index contributed by atoms with van der Waals surface area (Å²) >= 11 is 3.41. The van der Waals surface area contributed by atoms with Crippen molar-refractivity contribution in [1.29, 1.82) is 0 Å². The second kappa shape index (κ2) is 6.65. The molecule has 122 valence electrons. The molecule has 2 aromatic carbocycles. The first kappa shape index (κ1) is 16.5. The van der Waals surface area contributed by atoms with Crippen LogP contribution in [0.1, 0.15) is 27.2 Å². The average Bonchev–Trinajstić information content (AvgIpc) is 2.93. The van der Waals surface area contributed by atoms with Gasteiger partial charge in [-0.1, -0.05) is 34.1 Å². The van der Waals surface area contributed by atoms with Crippen molar-refractivity contribution in [3.05, 3.63) is 75.5 Å². The lowest BCUT2D eigenvalue weighted by Crippen LogP contribution is -2.12. The minimum absolute atomic E-state index is 0.164. The Kier molecular flexibility index (Phi) is 4.58. The summed E-state index contributed by atoms with van der Waals surface area (Å²) in [4.78, 5) is 12.6. The number of benzene rings is 2. The van der Waals surface area contributed by atoms with Crippen LogP contribution in [0.25, 0.3) is 11.3 Å². The standard InChI is InChI=1S/C20H18BrNO2/c1-12-4-9-17(10-13(12)2)22-20(23)18-11-19(24-14(18)3)15-5-7-16(21)8-6-15/h4-11H,1-3H3,(H,22,23). The summed E-state index contributed by atoms with van der Waals surface area (Å²) in [7, 11) is 0. The van der Waals surface area contributed by atoms with E-state index in [1.165, 1.54) is 5.56 Å². The first-order valence-corrected chi connectivity index (χ1v) is 8.48. The number of hydrogen-bond acceptors (Lipinski definition) is 2. The Hall–Kier alpha value is -2.33. The number of nitrogens with one attached hydrogen (secondary N) is 1. The van der Waals surface area contributed by atoms with Crippen molar-refractivity contribution in [2.45, 2.75) is 20.8 Å². The van der Waals surface area contributed by atoms with Crippen LogP contribution < -0.4 is 5.32 Å². The molecular weight excluding hydrogens is 366 g/mol. The van der Waals surface area contributed by atoms with Crippen molar-refractivity contribution in [3.8, 4) is 11.3 Å². The molecule has 3 aromatic rings. The van der Waals surface area contributed by atoms with Gasteiger partial charge in [-0.25, -0.2) is 0 Å². The van der Waals surface area contributed by atoms with Gasteiger partial charge in [-0.3, -0.25) is 4.79 Å². The SMILES string of the molecule is Cc1ccc(NC(=O)c2cc(-c3ccc(Br)cc3)oc2C)cc1C. The zero-order valence-electron chi connectivity index (χ0n) is 13.8. The van der Waals surface area contributed by atoms with Crippen molar-refractivity contribution in [1.82, 2.24) is 0 Å². The number of carbonyl (C=O) groups excluding carboxylic acids is 1. The molecule has 0 bridgehead atoms. The van der Waals surface area contributed by atoms with Crippen molar-refractivity contribution in [2.75, 3.05) is 5.32 Å². The summed E-state index contributed by atoms with van der Waals surface area (Å²) in [6, 6.07) is 15.5. The summed E-state index contributed by atoms with van der Waals surface area (Å²) in [6.45, 7) is 5.88. The summed E-state index contributed by atoms with van der Waals surface area (Å²) in [5.74, 6) is 1.13. The zero-order valence-corrected chi connectivity index (χ0v) is 15.4. The van der Waals surface area contributed by atoms with Crippen LogP contribution in [0.3, 0.4) is 0 Å². The van der Waals surface area contributed by atoms with Crippen LogP contribution in [0.5, 0.6) is 0 Å². The van der Waals surface area contributed by atoms with Gasteiger partial charge in [0.05, 0.1) is 5.56 Å². The minimum Gasteiger partial charge on any atom is -0.461 e. The number of anilines is 1. The molecule has 4 heteroatoms. The molecule has 0 saturated carbocycles. The molecule has 0 unspecified atom stereocenters. The van der Waals surface area contributed by atoms with Crippen molar-refractivity contribution in [2.24, 2.45) is 0 Å². The van der Waals surface area contributed by atoms with E-state index in [0.717, 1.165) is 21.3 Å². The number of aryl methyl sites for hydroxylation is 3. The van der Waals surface area contributed by atoms with E-state index in [1.807, 2.05) is 56.3 Å². The quantitative estimate of drug-likeness (QED) is 0.612. The molecule has 0 aliphatic rings. The van der Waals surface area contributed by atoms with Gasteiger partial charge in [0.25, 0.3) is 5.91 Å². The highest BCUT2D eigenvalue weighted by Crippen LogP contribution is 2.27. The molecule has 0 radical (unpaired) electrons. The van der Waals surface area contributed by atoms with Crippen LogP contribution in [-0.4, -0.2) is 5.91 Å². The maximum absolute atomic E-state index is 12.6. The first-order chi connectivity index (χ1) is 11.4. The first-order valence-electron chi connectivity index (χ1n) is 7.69. The molecule has 24 heavy (non-hydrogen) atoms. The van der Waals surface area contributed by atoms with E-state index in [1.54, 1.807) is 13.0 Å². The van der Waals surface area contributed by atoms with E-state index in [4.69, 9.17) is 4.42 Å². The van der Waals surface area contributed by atoms with Gasteiger partial charge in [-0.2, -0.15) is 0 Å². The van der Waals surface area contributed by atoms with E-state index in [-0.39, 0.29) is 5.91 Å². The van der Waals surface area contributed by atoms with Gasteiger partial charge in [0, 0.05) is 15.7 Å². The van der Waals surface area contributed by atoms with Crippen molar-refractivity contribution in [3.63, 3.8) is 0 Å². The summed E-state index contributed by atoms with van der Waals surface area (Å²) in [5, 5.41) is 2.93. The Morgan fingerprint density at radius 3 is 2.33 bits per heavy atom. The molecular formula is C20H18BrNO2. The number of rotatable bonds is 3. The van der Waals surface area contributed by atoms with Gasteiger partial charge < -0.3 is 9.73 Å². The summed E-state index contributed by atoms with van der Waals surface area (Å²) in [5.41, 5.74) is 4.61. The number of halogens is 1. The fraction of sp³-hybridized carbons (Fsp3) is 0.150. The van der Waals surface area contributed by atoms with Crippen LogP contribution in [0.2, 0.25) is 0 Å². The maximum atomic E-state index is 12.6. The van der Waals surface area contributed by atoms with Gasteiger partial charge in [0.15, 0.2) is 0 Å². The highest BCUT2D eigenvalue weighted by atomic mass is 79.9. The molecule has 0 fully saturated rings. The van der Waals surface area contributed by atoms with Crippen molar-refractivity contribution >= 4 is 27.5 Å². The fourth-order valence-electron chi connectivity index (χ4n) is 2.48. The molecule has 0 atom stereocenters. The third kappa shape index (κ3) is 3.44. The topological polar surface area (TPSA) is 42.2 Å². The second-order valence-corrected chi connectivity index (χ2v) is 6.76. The molecule has 1 heterocycles. The highest BCUT2D eigenvalue weighted by Gasteiger charge is 2.16. The Bertz CT molecular complexity index is 895. The second-order valence-electron chi connectivity index (χ2n) is 5.84. The number of amides is 1. The Morgan fingerprint density at radius 1 is 0.958 bits per heavy atom. The predicted molar refractivity (Wildman–Crippen MR) is 100 cm³/mol. The fourth-order valence-corrected chi connectivity index (χ4v) is 2.75. The van der Waals surface area contributed by atoms with E-state index < -0.39 is 0 Å². The van der Waals surface area contributed by atoms with Gasteiger partial charge in [0.1, 0.15) is 11.5 Å². The largest absolute Gasteiger partial charge is 0.461 e. The molecule has 0 saturated heterocycles. The van der Waals surface area contributed by atoms with Gasteiger partial charge in [-0.15, -0.1) is 0 Å². The third-order valence-electron chi connectivity index (χ3n) is 4.06. The number of furan rings is 1. The van der Waals surface area contributed by atoms with Crippen LogP contribution in [-0.2, 0) is 0 Å². The zero-order chi connectivity index (χ0) is 17.3. The molecule has 0 aliphatic heterocycles. The molecule has 3 nitrogen and oxygen atoms in total. The predicted octanol–water partition coefficient (Wildman–Crippen LogP) is 5.89. The Balaban J connectivity index is 1.85. The molecule has 0 spiro atoms. The third-order valence-corrected chi connectivity index (χ3v) is 4.58. The van der Waals surface area contributed by atoms with Crippen LogP contribution in [0.15, 0.2) is 57.4 Å². The normalized spacial score (nSPS) is 10.7. The molecule has 0 aliphatic carbocycles. The van der Waals surface area contributed by atoms with Gasteiger partial charge >= 0.3 is 0 Å². The smallest absolute Gasteiger partial charge is 0.259 e. The lowest BCUT2D eigenvalue weighted by Gasteiger charge is -2.07. The van der Waals surface area contributed by atoms with Crippen molar-refractivity contribution < 1.29 is 9.21 Å². The summed E-state index contributed by atoms with van der Waals surface area (Å²) in [6.07, 6.45) is 0. The molecule has 1 amide bonds. The van der Waals surface area contributed by atoms with E-state index >= 15 is 0 Å². The van der Waals surface area contributed by atoms with Crippen LogP contribution >= 0.6 is 15.9 Å². The summed E-state index contributed by atoms with van der Waals surface area (Å²) < 4.78 is 6.77. The minimum atomic E-state index is -0.164. The monoisotopic (exact) mass is 383 g/mol. The molecule has 3 rings (SSSR count). The average molecular weight is 384 g/mol. The van der Waals surface area contributed by atoms with Gasteiger partial charge in [0.2, 0.25) is 0 Å². The molecule has 1 N–H and O–H groups in total. The van der Waals surface area contributed by atoms with Gasteiger partial charge in [-0.05, 0) is 62.2 Å². The van der Waals surface area contributed by atoms with Crippen LogP contribution in [0.4, 0.5) is 5.69 Å². The maximum Gasteiger partial charge on any atom is 0.259 e. The Labute approximate surface area is 149 Å². The number of carbonyl (C=O) groups is 1. The molecule has 1 aromatic heterocycles. The van der Waals surface area contributed by atoms with Crippen LogP contribution in [0, 0.1) is 20.8 Å². The Morgan fingerprint density at radius 2 is 1.67 bits per heavy atom. The van der Waals surface area contributed by atoms with E-state index in [0.29, 0.717) is 17.1 Å². The van der Waals surface area contributed by atoms with E-state index in [2.05, 4.69) is 21.2 Å². The lowest BCUT2D eigenvalue weighted by molar-refractivity contribution is 0.102.